The number of hydrogen-bond donors (Lipinski definition) is 0. The highest BCUT2D eigenvalue weighted by Gasteiger charge is 2.38. The first-order valence-corrected chi connectivity index (χ1v) is 8.53. The van der Waals surface area contributed by atoms with Crippen LogP contribution in [0.3, 0.4) is 0 Å². The number of pyridine rings is 1. The Bertz CT molecular complexity index is 1210. The van der Waals surface area contributed by atoms with Crippen LogP contribution in [0.1, 0.15) is 49.8 Å². The van der Waals surface area contributed by atoms with Crippen molar-refractivity contribution >= 4 is 0 Å². The predicted octanol–water partition coefficient (Wildman–Crippen LogP) is 5.41. The van der Waals surface area contributed by atoms with Gasteiger partial charge in [0.1, 0.15) is 7.05 Å². The van der Waals surface area contributed by atoms with Crippen LogP contribution in [-0.4, -0.2) is 0 Å². The number of nitrogens with zero attached hydrogens (tertiary/aromatic N) is 1. The minimum atomic E-state index is -2.22. The number of rotatable bonds is 1. The summed E-state index contributed by atoms with van der Waals surface area (Å²) in [6.45, 7) is 1.38. The fourth-order valence-corrected chi connectivity index (χ4v) is 4.04. The summed E-state index contributed by atoms with van der Waals surface area (Å²) in [7, 11) is 1.83. The van der Waals surface area contributed by atoms with Crippen molar-refractivity contribution in [3.63, 3.8) is 0 Å². The Morgan fingerprint density at radius 3 is 2.44 bits per heavy atom. The van der Waals surface area contributed by atoms with Crippen molar-refractivity contribution in [3.8, 4) is 22.4 Å². The summed E-state index contributed by atoms with van der Waals surface area (Å²) in [6.07, 6.45) is 1.63. The van der Waals surface area contributed by atoms with Gasteiger partial charge in [0.25, 0.3) is 0 Å². The highest BCUT2D eigenvalue weighted by molar-refractivity contribution is 5.92. The molecule has 2 aromatic carbocycles. The molecule has 0 bridgehead atoms. The van der Waals surface area contributed by atoms with Gasteiger partial charge in [0.05, 0.1) is 5.56 Å². The topological polar surface area (TPSA) is 3.88 Å². The molecule has 4 rings (SSSR count). The van der Waals surface area contributed by atoms with Crippen molar-refractivity contribution in [2.24, 2.45) is 7.05 Å². The van der Waals surface area contributed by atoms with E-state index < -0.39 is 19.1 Å². The lowest BCUT2D eigenvalue weighted by Gasteiger charge is -2.22. The van der Waals surface area contributed by atoms with E-state index in [0.29, 0.717) is 0 Å². The lowest BCUT2D eigenvalue weighted by atomic mass is 9.81. The van der Waals surface area contributed by atoms with Crippen LogP contribution in [0, 0.1) is 20.7 Å². The first-order valence-electron chi connectivity index (χ1n) is 11.5. The quantitative estimate of drug-likeness (QED) is 0.524. The summed E-state index contributed by atoms with van der Waals surface area (Å²) in [6, 6.07) is 13.4. The molecule has 25 heavy (non-hydrogen) atoms. The molecule has 0 N–H and O–H groups in total. The van der Waals surface area contributed by atoms with Crippen molar-refractivity contribution in [2.75, 3.05) is 0 Å². The Kier molecular flexibility index (Phi) is 2.23. The van der Waals surface area contributed by atoms with Crippen molar-refractivity contribution < 1.29 is 12.8 Å². The Labute approximate surface area is 159 Å². The van der Waals surface area contributed by atoms with E-state index in [1.165, 1.54) is 0 Å². The van der Waals surface area contributed by atoms with Gasteiger partial charge < -0.3 is 0 Å². The normalized spacial score (nSPS) is 22.7. The standard InChI is InChI=1S/C24H26N/c1-15-7-10-18-20(13-15)24(4,5)19-11-9-17(3)22(23(18)19)21-12-8-16(2)14-25(21)6/h7-14H,1-6H3/q+1/i2D3,4D3. The molecule has 1 unspecified atom stereocenters. The van der Waals surface area contributed by atoms with E-state index in [1.54, 1.807) is 19.2 Å². The third-order valence-corrected chi connectivity index (χ3v) is 5.33. The van der Waals surface area contributed by atoms with Gasteiger partial charge in [-0.15, -0.1) is 0 Å². The van der Waals surface area contributed by atoms with Gasteiger partial charge in [-0.05, 0) is 49.0 Å². The van der Waals surface area contributed by atoms with E-state index in [1.807, 2.05) is 61.9 Å². The first kappa shape index (κ1) is 10.6. The smallest absolute Gasteiger partial charge is 0.201 e. The lowest BCUT2D eigenvalue weighted by Crippen LogP contribution is -2.31. The molecule has 1 aromatic heterocycles. The number of fused-ring (bicyclic) bond motifs is 3. The molecule has 0 aliphatic heterocycles. The second-order valence-electron chi connectivity index (χ2n) is 7.27. The van der Waals surface area contributed by atoms with Crippen LogP contribution in [0.5, 0.6) is 0 Å². The molecule has 0 fully saturated rings. The number of hydrogen-bond acceptors (Lipinski definition) is 0. The van der Waals surface area contributed by atoms with Crippen LogP contribution in [0.25, 0.3) is 22.4 Å². The molecule has 1 heteroatoms. The van der Waals surface area contributed by atoms with E-state index >= 15 is 0 Å². The van der Waals surface area contributed by atoms with Gasteiger partial charge in [0.2, 0.25) is 5.69 Å². The van der Waals surface area contributed by atoms with Crippen LogP contribution >= 0.6 is 0 Å². The SMILES string of the molecule is [2H]C([2H])([2H])c1ccc(-c2c(C)ccc3c2-c2ccc(C)cc2C3(C)C([2H])([2H])[2H])[n+](C)c1. The summed E-state index contributed by atoms with van der Waals surface area (Å²) < 4.78 is 50.1. The Morgan fingerprint density at radius 2 is 1.72 bits per heavy atom. The lowest BCUT2D eigenvalue weighted by molar-refractivity contribution is -0.660. The second kappa shape index (κ2) is 5.29. The van der Waals surface area contributed by atoms with Crippen LogP contribution in [-0.2, 0) is 12.5 Å². The molecule has 0 radical (unpaired) electrons. The summed E-state index contributed by atoms with van der Waals surface area (Å²) in [5.74, 6) is 0. The third-order valence-electron chi connectivity index (χ3n) is 5.33. The maximum absolute atomic E-state index is 8.39. The Morgan fingerprint density at radius 1 is 0.920 bits per heavy atom. The van der Waals surface area contributed by atoms with Crippen LogP contribution in [0.2, 0.25) is 0 Å². The van der Waals surface area contributed by atoms with E-state index in [2.05, 4.69) is 0 Å². The number of benzene rings is 2. The van der Waals surface area contributed by atoms with E-state index in [9.17, 15) is 0 Å². The summed E-state index contributed by atoms with van der Waals surface area (Å²) >= 11 is 0. The highest BCUT2D eigenvalue weighted by Crippen LogP contribution is 2.52. The molecule has 126 valence electrons. The molecular weight excluding hydrogens is 302 g/mol. The summed E-state index contributed by atoms with van der Waals surface area (Å²) in [5.41, 5.74) is 6.42. The molecular formula is C24H26N+. The highest BCUT2D eigenvalue weighted by atomic mass is 14.9. The predicted molar refractivity (Wildman–Crippen MR) is 105 cm³/mol. The largest absolute Gasteiger partial charge is 0.213 e. The van der Waals surface area contributed by atoms with Crippen molar-refractivity contribution in [2.45, 2.75) is 39.9 Å². The van der Waals surface area contributed by atoms with Gasteiger partial charge in [-0.3, -0.25) is 0 Å². The average molecular weight is 335 g/mol. The fraction of sp³-hybridized carbons (Fsp3) is 0.292. The van der Waals surface area contributed by atoms with Gasteiger partial charge in [0, 0.05) is 30.8 Å². The molecule has 3 aromatic rings. The van der Waals surface area contributed by atoms with E-state index in [0.717, 1.165) is 44.6 Å². The average Bonchev–Trinajstić information content (AvgIpc) is 2.91. The van der Waals surface area contributed by atoms with E-state index in [4.69, 9.17) is 8.22 Å². The van der Waals surface area contributed by atoms with Crippen molar-refractivity contribution in [3.05, 3.63) is 76.5 Å². The molecule has 0 amide bonds. The van der Waals surface area contributed by atoms with Gasteiger partial charge >= 0.3 is 0 Å². The molecule has 1 aliphatic rings. The summed E-state index contributed by atoms with van der Waals surface area (Å²) in [5, 5.41) is 0. The zero-order valence-electron chi connectivity index (χ0n) is 21.1. The zero-order valence-corrected chi connectivity index (χ0v) is 15.1. The van der Waals surface area contributed by atoms with E-state index in [-0.39, 0.29) is 5.56 Å². The molecule has 1 nitrogen and oxygen atoms in total. The second-order valence-corrected chi connectivity index (χ2v) is 7.27. The minimum Gasteiger partial charge on any atom is -0.201 e. The van der Waals surface area contributed by atoms with Crippen LogP contribution < -0.4 is 4.57 Å². The monoisotopic (exact) mass is 334 g/mol. The van der Waals surface area contributed by atoms with Gasteiger partial charge in [-0.25, -0.2) is 4.57 Å². The van der Waals surface area contributed by atoms with Gasteiger partial charge in [-0.2, -0.15) is 0 Å². The van der Waals surface area contributed by atoms with Crippen molar-refractivity contribution in [1.82, 2.24) is 0 Å². The van der Waals surface area contributed by atoms with Crippen molar-refractivity contribution in [1.29, 1.82) is 0 Å². The van der Waals surface area contributed by atoms with Crippen LogP contribution in [0.15, 0.2) is 48.7 Å². The molecule has 1 atom stereocenters. The molecule has 1 aliphatic carbocycles. The fourth-order valence-electron chi connectivity index (χ4n) is 4.04. The van der Waals surface area contributed by atoms with Gasteiger partial charge in [0.15, 0.2) is 6.20 Å². The maximum atomic E-state index is 8.39. The zero-order chi connectivity index (χ0) is 22.9. The third kappa shape index (κ3) is 2.26. The number of aromatic nitrogens is 1. The summed E-state index contributed by atoms with van der Waals surface area (Å²) in [4.78, 5) is 0. The number of aryl methyl sites for hydroxylation is 4. The maximum Gasteiger partial charge on any atom is 0.213 e. The first-order chi connectivity index (χ1) is 14.3. The molecule has 0 saturated carbocycles. The Balaban J connectivity index is 2.08. The van der Waals surface area contributed by atoms with Gasteiger partial charge in [-0.1, -0.05) is 49.7 Å². The molecule has 0 spiro atoms. The minimum absolute atomic E-state index is 0.271. The molecule has 1 heterocycles. The van der Waals surface area contributed by atoms with Crippen LogP contribution in [0.4, 0.5) is 0 Å². The Hall–Kier alpha value is -2.41. The molecule has 0 saturated heterocycles.